The molecule has 0 aromatic heterocycles. The molecule has 0 radical (unpaired) electrons. The summed E-state index contributed by atoms with van der Waals surface area (Å²) in [6, 6.07) is 8.58. The molecule has 42 heavy (non-hydrogen) atoms. The second-order valence-electron chi connectivity index (χ2n) is 8.71. The Hall–Kier alpha value is -2.12. The Balaban J connectivity index is -0.000000565. The zero-order valence-electron chi connectivity index (χ0n) is 26.0. The fourth-order valence-electron chi connectivity index (χ4n) is 3.06. The third kappa shape index (κ3) is 21.6. The van der Waals surface area contributed by atoms with Gasteiger partial charge in [-0.05, 0) is 38.8 Å². The third-order valence-corrected chi connectivity index (χ3v) is 4.94. The number of nitrogens with one attached hydrogen (secondary N) is 1. The van der Waals surface area contributed by atoms with Gasteiger partial charge in [0.05, 0.1) is 6.61 Å². The molecule has 0 heterocycles. The normalized spacial score (nSPS) is 9.81. The van der Waals surface area contributed by atoms with Gasteiger partial charge in [-0.2, -0.15) is 0 Å². The number of aryl methyl sites for hydroxylation is 2. The van der Waals surface area contributed by atoms with Crippen molar-refractivity contribution in [3.63, 3.8) is 0 Å². The van der Waals surface area contributed by atoms with Crippen LogP contribution >= 0.6 is 0 Å². The van der Waals surface area contributed by atoms with E-state index >= 15 is 0 Å². The molecule has 4 nitrogen and oxygen atoms in total. The molecule has 0 saturated carbocycles. The van der Waals surface area contributed by atoms with Gasteiger partial charge in [0.2, 0.25) is 0 Å². The van der Waals surface area contributed by atoms with Gasteiger partial charge in [-0.25, -0.2) is 0 Å². The van der Waals surface area contributed by atoms with Crippen molar-refractivity contribution in [3.05, 3.63) is 101 Å². The van der Waals surface area contributed by atoms with Gasteiger partial charge in [0.1, 0.15) is 0 Å². The molecule has 0 amide bonds. The van der Waals surface area contributed by atoms with Gasteiger partial charge in [-0.1, -0.05) is 44.5 Å². The second kappa shape index (κ2) is 27.7. The van der Waals surface area contributed by atoms with Crippen molar-refractivity contribution < 1.29 is 60.5 Å². The van der Waals surface area contributed by atoms with Crippen LogP contribution in [0.2, 0.25) is 0 Å². The molecule has 2 aromatic carbocycles. The van der Waals surface area contributed by atoms with Crippen LogP contribution in [0.3, 0.4) is 0 Å². The van der Waals surface area contributed by atoms with E-state index in [2.05, 4.69) is 48.6 Å². The third-order valence-electron chi connectivity index (χ3n) is 4.94. The molecule has 0 unspecified atom stereocenters. The first-order valence-electron chi connectivity index (χ1n) is 13.4. The maximum Gasteiger partial charge on any atom is 3.00 e. The van der Waals surface area contributed by atoms with Crippen LogP contribution in [0.4, 0.5) is 13.2 Å². The van der Waals surface area contributed by atoms with Crippen LogP contribution in [0.1, 0.15) is 73.7 Å². The number of allylic oxidation sites excluding steroid dienone is 2. The summed E-state index contributed by atoms with van der Waals surface area (Å²) in [5.74, 6) is 3.62. The summed E-state index contributed by atoms with van der Waals surface area (Å²) < 4.78 is 42.2. The molecular formula is C33H44BF3NO3Y. The van der Waals surface area contributed by atoms with Crippen molar-refractivity contribution in [1.29, 1.82) is 0 Å². The molecule has 0 aliphatic carbocycles. The number of hydrogen-bond acceptors (Lipinski definition) is 4. The second-order valence-corrected chi connectivity index (χ2v) is 8.71. The summed E-state index contributed by atoms with van der Waals surface area (Å²) in [6.07, 6.45) is 6.25. The van der Waals surface area contributed by atoms with Gasteiger partial charge in [0.15, 0.2) is 5.78 Å². The molecule has 2 N–H and O–H groups in total. The standard InChI is InChI=1S/C14H12BF3O.C11H14O.C5H13NO.C3H5.Y/c1-9(2)8-15-7-6-11-4-5-12(19-14(17)18)10(3)13(11)16;1-4-10-7-8(2)5-6-11(10)9(3)12;1-2-3-6-4-5-7;1-3-2;/h4-5,7,14H,1H2,2-3H3;5-7H,4H2,1-3H3;6-7H,2-5H2,1H3;1,3H,2H3;/q-2;;;-1;+3. The molecule has 2 aromatic rings. The average molecular weight is 659 g/mol. The van der Waals surface area contributed by atoms with Gasteiger partial charge in [-0.3, -0.25) is 10.9 Å². The summed E-state index contributed by atoms with van der Waals surface area (Å²) in [7, 11) is 0. The van der Waals surface area contributed by atoms with Crippen LogP contribution in [-0.2, 0) is 39.1 Å². The van der Waals surface area contributed by atoms with E-state index in [1.54, 1.807) is 27.7 Å². The van der Waals surface area contributed by atoms with E-state index in [0.717, 1.165) is 42.6 Å². The van der Waals surface area contributed by atoms with Crippen LogP contribution < -0.4 is 10.1 Å². The number of benzene rings is 2. The Kier molecular flexibility index (Phi) is 29.2. The van der Waals surface area contributed by atoms with Gasteiger partial charge >= 0.3 is 143 Å². The van der Waals surface area contributed by atoms with Gasteiger partial charge in [-0.15, -0.1) is 0 Å². The van der Waals surface area contributed by atoms with Gasteiger partial charge in [0, 0.05) is 12.1 Å². The van der Waals surface area contributed by atoms with Crippen LogP contribution in [0, 0.1) is 32.3 Å². The van der Waals surface area contributed by atoms with Crippen molar-refractivity contribution in [2.75, 3.05) is 19.7 Å². The number of aliphatic hydroxyl groups excluding tert-OH is 1. The first kappa shape index (κ1) is 44.3. The van der Waals surface area contributed by atoms with Crippen molar-refractivity contribution in [2.24, 2.45) is 0 Å². The van der Waals surface area contributed by atoms with Crippen LogP contribution in [0.25, 0.3) is 0 Å². The number of carbonyl (C=O) groups excluding carboxylic acids is 1. The maximum atomic E-state index is 13.8. The molecule has 226 valence electrons. The molecule has 0 atom stereocenters. The number of alkyl halides is 2. The number of carbonyl (C=O) groups is 1. The van der Waals surface area contributed by atoms with E-state index < -0.39 is 12.4 Å². The minimum Gasteiger partial charge on any atom is -0.518 e. The molecule has 0 spiro atoms. The van der Waals surface area contributed by atoms with Gasteiger partial charge < -0.3 is 17.0 Å². The molecule has 0 fully saturated rings. The molecule has 0 aliphatic heterocycles. The van der Waals surface area contributed by atoms with E-state index in [9.17, 15) is 18.0 Å². The monoisotopic (exact) mass is 659 g/mol. The van der Waals surface area contributed by atoms with Crippen molar-refractivity contribution in [3.8, 4) is 5.75 Å². The first-order chi connectivity index (χ1) is 19.4. The molecule has 0 aliphatic rings. The van der Waals surface area contributed by atoms with Crippen LogP contribution in [0.5, 0.6) is 5.75 Å². The Morgan fingerprint density at radius 2 is 1.81 bits per heavy atom. The van der Waals surface area contributed by atoms with Crippen molar-refractivity contribution >= 4 is 18.7 Å². The predicted molar refractivity (Wildman–Crippen MR) is 166 cm³/mol. The zero-order chi connectivity index (χ0) is 31.8. The summed E-state index contributed by atoms with van der Waals surface area (Å²) in [5.41, 5.74) is 4.16. The summed E-state index contributed by atoms with van der Waals surface area (Å²) in [5, 5.41) is 11.3. The number of hydrogen-bond donors (Lipinski definition) is 2. The number of ketones is 1. The van der Waals surface area contributed by atoms with E-state index in [4.69, 9.17) is 11.7 Å². The van der Waals surface area contributed by atoms with Gasteiger partial charge in [0.25, 0.3) is 0 Å². The SMILES string of the molecule is C=C(C)[C-]=BC=[C-]c1ccc(OC(F)F)c(C)c1F.CCCNCCO.CCc1cc(C)ccc1C(C)=O.[CH-]=CC.[Y+3]. The number of aliphatic hydroxyl groups is 1. The molecule has 0 bridgehead atoms. The molecule has 9 heteroatoms. The van der Waals surface area contributed by atoms with Crippen LogP contribution in [0.15, 0.2) is 54.5 Å². The van der Waals surface area contributed by atoms with E-state index in [1.807, 2.05) is 19.1 Å². The fourth-order valence-corrected chi connectivity index (χ4v) is 3.06. The molecular weight excluding hydrogens is 615 g/mol. The van der Waals surface area contributed by atoms with E-state index in [1.165, 1.54) is 36.7 Å². The Bertz CT molecular complexity index is 1120. The fraction of sp³-hybridized carbons (Fsp3) is 0.394. The van der Waals surface area contributed by atoms with E-state index in [-0.39, 0.29) is 62.0 Å². The molecule has 0 saturated heterocycles. The van der Waals surface area contributed by atoms with Crippen molar-refractivity contribution in [2.45, 2.75) is 67.9 Å². The Labute approximate surface area is 277 Å². The zero-order valence-corrected chi connectivity index (χ0v) is 28.8. The maximum absolute atomic E-state index is 13.8. The van der Waals surface area contributed by atoms with Crippen LogP contribution in [-0.4, -0.2) is 50.1 Å². The first-order valence-corrected chi connectivity index (χ1v) is 13.4. The average Bonchev–Trinajstić information content (AvgIpc) is 2.91. The number of rotatable bonds is 11. The topological polar surface area (TPSA) is 58.6 Å². The quantitative estimate of drug-likeness (QED) is 0.117. The largest absolute Gasteiger partial charge is 3.00 e. The Morgan fingerprint density at radius 3 is 2.29 bits per heavy atom. The predicted octanol–water partition coefficient (Wildman–Crippen LogP) is 7.09. The molecule has 2 rings (SSSR count). The summed E-state index contributed by atoms with van der Waals surface area (Å²) in [6.45, 7) is 21.7. The minimum atomic E-state index is -2.98. The number of halogens is 3. The summed E-state index contributed by atoms with van der Waals surface area (Å²) in [4.78, 5) is 11.1. The van der Waals surface area contributed by atoms with Crippen molar-refractivity contribution in [1.82, 2.24) is 5.32 Å². The Morgan fingerprint density at radius 1 is 1.19 bits per heavy atom. The number of ether oxygens (including phenoxy) is 1. The smallest absolute Gasteiger partial charge is 0.518 e. The van der Waals surface area contributed by atoms with E-state index in [0.29, 0.717) is 0 Å². The summed E-state index contributed by atoms with van der Waals surface area (Å²) >= 11 is 0. The minimum absolute atomic E-state index is 0. The number of Topliss-reactive ketones (excluding diaryl/α,β-unsaturated/α-hetero) is 1.